The fraction of sp³-hybridized carbons (Fsp3) is 0.227. The normalized spacial score (nSPS) is 18.2. The summed E-state index contributed by atoms with van der Waals surface area (Å²) in [7, 11) is 1.40. The van der Waals surface area contributed by atoms with Gasteiger partial charge in [-0.05, 0) is 29.8 Å². The van der Waals surface area contributed by atoms with Gasteiger partial charge in [0.15, 0.2) is 0 Å². The molecule has 0 saturated carbocycles. The molecule has 3 aromatic rings. The van der Waals surface area contributed by atoms with Crippen LogP contribution in [0.1, 0.15) is 5.56 Å². The number of esters is 1. The molecule has 4 rings (SSSR count). The Labute approximate surface area is 174 Å². The lowest BCUT2D eigenvalue weighted by atomic mass is 9.91. The van der Waals surface area contributed by atoms with Crippen molar-refractivity contribution in [1.82, 2.24) is 9.88 Å². The van der Waals surface area contributed by atoms with E-state index in [1.54, 1.807) is 12.5 Å². The summed E-state index contributed by atoms with van der Waals surface area (Å²) < 4.78 is 5.06. The van der Waals surface area contributed by atoms with Crippen molar-refractivity contribution in [3.63, 3.8) is 0 Å². The number of fused-ring (bicyclic) bond motifs is 1. The molecule has 0 spiro atoms. The zero-order valence-electron chi connectivity index (χ0n) is 16.0. The molecule has 0 fully saturated rings. The molecule has 1 aliphatic rings. The van der Waals surface area contributed by atoms with E-state index in [9.17, 15) is 4.79 Å². The maximum Gasteiger partial charge on any atom is 0.340 e. The SMILES string of the molecule is COC(=O)C1(c2ccccc2)CN(CCNc2ccnc3cc(Cl)ccc23)C=N1. The third-order valence-corrected chi connectivity index (χ3v) is 5.30. The molecule has 1 aliphatic heterocycles. The zero-order valence-corrected chi connectivity index (χ0v) is 16.8. The van der Waals surface area contributed by atoms with Gasteiger partial charge in [-0.15, -0.1) is 0 Å². The summed E-state index contributed by atoms with van der Waals surface area (Å²) in [4.78, 5) is 23.5. The molecule has 0 saturated heterocycles. The largest absolute Gasteiger partial charge is 0.467 e. The number of rotatable bonds is 6. The number of pyridine rings is 1. The van der Waals surface area contributed by atoms with Gasteiger partial charge < -0.3 is 15.0 Å². The molecular weight excluding hydrogens is 388 g/mol. The minimum Gasteiger partial charge on any atom is -0.467 e. The van der Waals surface area contributed by atoms with Gasteiger partial charge in [0, 0.05) is 35.4 Å². The van der Waals surface area contributed by atoms with E-state index in [1.807, 2.05) is 59.5 Å². The fourth-order valence-electron chi connectivity index (χ4n) is 3.59. The Balaban J connectivity index is 1.44. The average molecular weight is 409 g/mol. The van der Waals surface area contributed by atoms with Crippen molar-refractivity contribution in [2.45, 2.75) is 5.54 Å². The number of aromatic nitrogens is 1. The Hall–Kier alpha value is -3.12. The summed E-state index contributed by atoms with van der Waals surface area (Å²) >= 11 is 6.06. The number of anilines is 1. The fourth-order valence-corrected chi connectivity index (χ4v) is 3.75. The van der Waals surface area contributed by atoms with Crippen molar-refractivity contribution in [2.24, 2.45) is 4.99 Å². The highest BCUT2D eigenvalue weighted by Crippen LogP contribution is 2.32. The lowest BCUT2D eigenvalue weighted by molar-refractivity contribution is -0.147. The number of aliphatic imine (C=N–C) groups is 1. The number of carbonyl (C=O) groups excluding carboxylic acids is 1. The Morgan fingerprint density at radius 1 is 1.24 bits per heavy atom. The van der Waals surface area contributed by atoms with Crippen LogP contribution in [-0.4, -0.2) is 48.9 Å². The maximum absolute atomic E-state index is 12.6. The van der Waals surface area contributed by atoms with Crippen LogP contribution in [-0.2, 0) is 15.1 Å². The monoisotopic (exact) mass is 408 g/mol. The lowest BCUT2D eigenvalue weighted by Crippen LogP contribution is -2.41. The van der Waals surface area contributed by atoms with Gasteiger partial charge in [0.25, 0.3) is 0 Å². The van der Waals surface area contributed by atoms with Gasteiger partial charge in [0.2, 0.25) is 5.54 Å². The highest BCUT2D eigenvalue weighted by atomic mass is 35.5. The Morgan fingerprint density at radius 2 is 2.07 bits per heavy atom. The second kappa shape index (κ2) is 8.09. The molecular formula is C22H21ClN4O2. The third-order valence-electron chi connectivity index (χ3n) is 5.07. The van der Waals surface area contributed by atoms with Gasteiger partial charge in [-0.1, -0.05) is 41.9 Å². The summed E-state index contributed by atoms with van der Waals surface area (Å²) in [5, 5.41) is 5.12. The maximum atomic E-state index is 12.6. The van der Waals surface area contributed by atoms with Crippen LogP contribution in [0.25, 0.3) is 10.9 Å². The summed E-state index contributed by atoms with van der Waals surface area (Å²) in [5.74, 6) is -0.354. The number of nitrogens with zero attached hydrogens (tertiary/aromatic N) is 3. The molecule has 0 radical (unpaired) electrons. The molecule has 2 aromatic carbocycles. The van der Waals surface area contributed by atoms with E-state index >= 15 is 0 Å². The summed E-state index contributed by atoms with van der Waals surface area (Å²) in [6, 6.07) is 17.1. The van der Waals surface area contributed by atoms with E-state index in [0.717, 1.165) is 22.2 Å². The smallest absolute Gasteiger partial charge is 0.340 e. The van der Waals surface area contributed by atoms with Gasteiger partial charge in [0.1, 0.15) is 0 Å². The third kappa shape index (κ3) is 3.76. The first-order valence-corrected chi connectivity index (χ1v) is 9.72. The molecule has 6 nitrogen and oxygen atoms in total. The molecule has 2 heterocycles. The summed E-state index contributed by atoms with van der Waals surface area (Å²) in [6.45, 7) is 1.81. The molecule has 1 N–H and O–H groups in total. The number of hydrogen-bond donors (Lipinski definition) is 1. The minimum absolute atomic E-state index is 0.354. The van der Waals surface area contributed by atoms with Crippen molar-refractivity contribution in [2.75, 3.05) is 32.1 Å². The van der Waals surface area contributed by atoms with Crippen molar-refractivity contribution in [3.05, 3.63) is 71.4 Å². The molecule has 0 aliphatic carbocycles. The first kappa shape index (κ1) is 19.2. The number of halogens is 1. The highest BCUT2D eigenvalue weighted by Gasteiger charge is 2.45. The van der Waals surface area contributed by atoms with Crippen LogP contribution in [0, 0.1) is 0 Å². The Kier molecular flexibility index (Phi) is 5.36. The van der Waals surface area contributed by atoms with Crippen LogP contribution in [0.15, 0.2) is 65.8 Å². The first-order valence-electron chi connectivity index (χ1n) is 9.34. The Bertz CT molecular complexity index is 1060. The molecule has 0 bridgehead atoms. The molecule has 0 amide bonds. The van der Waals surface area contributed by atoms with Crippen LogP contribution in [0.3, 0.4) is 0 Å². The topological polar surface area (TPSA) is 66.8 Å². The van der Waals surface area contributed by atoms with Crippen molar-refractivity contribution in [3.8, 4) is 0 Å². The van der Waals surface area contributed by atoms with E-state index in [-0.39, 0.29) is 5.97 Å². The van der Waals surface area contributed by atoms with E-state index in [4.69, 9.17) is 16.3 Å². The van der Waals surface area contributed by atoms with Crippen molar-refractivity contribution in [1.29, 1.82) is 0 Å². The number of methoxy groups -OCH3 is 1. The predicted octanol–water partition coefficient (Wildman–Crippen LogP) is 3.71. The predicted molar refractivity (Wildman–Crippen MR) is 115 cm³/mol. The first-order chi connectivity index (χ1) is 14.1. The second-order valence-electron chi connectivity index (χ2n) is 6.88. The van der Waals surface area contributed by atoms with E-state index < -0.39 is 5.54 Å². The van der Waals surface area contributed by atoms with Gasteiger partial charge >= 0.3 is 5.97 Å². The zero-order chi connectivity index (χ0) is 20.3. The van der Waals surface area contributed by atoms with Crippen LogP contribution < -0.4 is 5.32 Å². The van der Waals surface area contributed by atoms with Crippen LogP contribution in [0.2, 0.25) is 5.02 Å². The van der Waals surface area contributed by atoms with Crippen LogP contribution in [0.5, 0.6) is 0 Å². The molecule has 1 unspecified atom stereocenters. The Morgan fingerprint density at radius 3 is 2.86 bits per heavy atom. The number of ether oxygens (including phenoxy) is 1. The summed E-state index contributed by atoms with van der Waals surface area (Å²) in [6.07, 6.45) is 3.49. The lowest BCUT2D eigenvalue weighted by Gasteiger charge is -2.26. The molecule has 1 atom stereocenters. The number of nitrogens with one attached hydrogen (secondary N) is 1. The van der Waals surface area contributed by atoms with E-state index in [2.05, 4.69) is 15.3 Å². The van der Waals surface area contributed by atoms with Crippen molar-refractivity contribution < 1.29 is 9.53 Å². The molecule has 7 heteroatoms. The minimum atomic E-state index is -1.02. The van der Waals surface area contributed by atoms with Crippen LogP contribution >= 0.6 is 11.6 Å². The van der Waals surface area contributed by atoms with Crippen LogP contribution in [0.4, 0.5) is 5.69 Å². The number of carbonyl (C=O) groups is 1. The average Bonchev–Trinajstić information content (AvgIpc) is 3.19. The molecule has 29 heavy (non-hydrogen) atoms. The standard InChI is InChI=1S/C22H21ClN4O2/c1-29-21(28)22(16-5-3-2-4-6-16)14-27(15-26-22)12-11-25-19-9-10-24-20-13-17(23)7-8-18(19)20/h2-10,13,15H,11-12,14H2,1H3,(H,24,25). The summed E-state index contributed by atoms with van der Waals surface area (Å²) in [5.41, 5.74) is 1.65. The number of hydrogen-bond acceptors (Lipinski definition) is 6. The van der Waals surface area contributed by atoms with Gasteiger partial charge in [-0.25, -0.2) is 4.79 Å². The van der Waals surface area contributed by atoms with Crippen molar-refractivity contribution >= 4 is 40.5 Å². The van der Waals surface area contributed by atoms with E-state index in [1.165, 1.54) is 7.11 Å². The number of benzene rings is 2. The van der Waals surface area contributed by atoms with E-state index in [0.29, 0.717) is 24.7 Å². The van der Waals surface area contributed by atoms with Gasteiger partial charge in [-0.3, -0.25) is 9.98 Å². The van der Waals surface area contributed by atoms with Gasteiger partial charge in [0.05, 0.1) is 25.5 Å². The second-order valence-corrected chi connectivity index (χ2v) is 7.32. The molecule has 148 valence electrons. The van der Waals surface area contributed by atoms with Gasteiger partial charge in [-0.2, -0.15) is 0 Å². The highest BCUT2D eigenvalue weighted by molar-refractivity contribution is 6.31. The quantitative estimate of drug-likeness (QED) is 0.630. The molecule has 1 aromatic heterocycles.